The highest BCUT2D eigenvalue weighted by Crippen LogP contribution is 2.31. The molecule has 0 aliphatic carbocycles. The predicted molar refractivity (Wildman–Crippen MR) is 92.0 cm³/mol. The minimum atomic E-state index is -0.470. The molecule has 2 rings (SSSR count). The van der Waals surface area contributed by atoms with Crippen LogP contribution in [-0.4, -0.2) is 43.9 Å². The highest BCUT2D eigenvalue weighted by atomic mass is 19.1. The smallest absolute Gasteiger partial charge is 0.341 e. The molecule has 0 saturated carbocycles. The van der Waals surface area contributed by atoms with E-state index in [0.29, 0.717) is 29.8 Å². The molecular formula is C18H23FN2O3. The van der Waals surface area contributed by atoms with Gasteiger partial charge in [-0.25, -0.2) is 9.18 Å². The molecule has 0 spiro atoms. The highest BCUT2D eigenvalue weighted by Gasteiger charge is 2.21. The number of rotatable bonds is 7. The van der Waals surface area contributed by atoms with Crippen LogP contribution >= 0.6 is 0 Å². The topological polar surface area (TPSA) is 51.7 Å². The zero-order valence-electron chi connectivity index (χ0n) is 14.5. The number of carbonyl (C=O) groups excluding carboxylic acids is 1. The number of nitrogens with zero attached hydrogens (tertiary/aromatic N) is 2. The quantitative estimate of drug-likeness (QED) is 0.726. The number of para-hydroxylation sites is 1. The largest absolute Gasteiger partial charge is 0.462 e. The first-order valence-electron chi connectivity index (χ1n) is 8.06. The Morgan fingerprint density at radius 2 is 2.08 bits per heavy atom. The molecule has 0 N–H and O–H groups in total. The van der Waals surface area contributed by atoms with Crippen molar-refractivity contribution in [2.45, 2.75) is 26.9 Å². The summed E-state index contributed by atoms with van der Waals surface area (Å²) in [4.78, 5) is 18.3. The zero-order chi connectivity index (χ0) is 17.7. The van der Waals surface area contributed by atoms with E-state index in [-0.39, 0.29) is 18.2 Å². The Bertz CT molecular complexity index is 721. The molecule has 1 aromatic carbocycles. The van der Waals surface area contributed by atoms with Crippen LogP contribution in [-0.2, 0) is 9.47 Å². The van der Waals surface area contributed by atoms with Crippen LogP contribution in [0.2, 0.25) is 0 Å². The van der Waals surface area contributed by atoms with Crippen molar-refractivity contribution in [3.63, 3.8) is 0 Å². The molecule has 0 saturated heterocycles. The number of anilines is 1. The summed E-state index contributed by atoms with van der Waals surface area (Å²) < 4.78 is 24.8. The third-order valence-electron chi connectivity index (χ3n) is 3.68. The van der Waals surface area contributed by atoms with Gasteiger partial charge in [-0.1, -0.05) is 12.1 Å². The molecule has 1 atom stereocenters. The van der Waals surface area contributed by atoms with Crippen molar-refractivity contribution < 1.29 is 18.7 Å². The van der Waals surface area contributed by atoms with E-state index in [0.717, 1.165) is 0 Å². The van der Waals surface area contributed by atoms with Crippen molar-refractivity contribution in [3.8, 4) is 0 Å². The molecule has 24 heavy (non-hydrogen) atoms. The molecule has 0 aliphatic heterocycles. The summed E-state index contributed by atoms with van der Waals surface area (Å²) in [6.45, 7) is 7.04. The molecule has 5 nitrogen and oxygen atoms in total. The van der Waals surface area contributed by atoms with Gasteiger partial charge >= 0.3 is 5.97 Å². The van der Waals surface area contributed by atoms with E-state index in [2.05, 4.69) is 4.98 Å². The van der Waals surface area contributed by atoms with Gasteiger partial charge in [0, 0.05) is 31.8 Å². The summed E-state index contributed by atoms with van der Waals surface area (Å²) in [5.74, 6) is -0.891. The maximum atomic E-state index is 14.1. The molecule has 0 bridgehead atoms. The lowest BCUT2D eigenvalue weighted by Gasteiger charge is -2.26. The molecule has 1 aromatic heterocycles. The number of fused-ring (bicyclic) bond motifs is 1. The summed E-state index contributed by atoms with van der Waals surface area (Å²) in [5, 5.41) is 0.576. The number of esters is 1. The number of ether oxygens (including phenoxy) is 2. The van der Waals surface area contributed by atoms with Crippen molar-refractivity contribution in [1.29, 1.82) is 0 Å². The van der Waals surface area contributed by atoms with Crippen molar-refractivity contribution in [2.75, 3.05) is 31.7 Å². The lowest BCUT2D eigenvalue weighted by Crippen LogP contribution is -2.30. The monoisotopic (exact) mass is 334 g/mol. The van der Waals surface area contributed by atoms with Crippen LogP contribution in [0.25, 0.3) is 10.9 Å². The maximum Gasteiger partial charge on any atom is 0.341 e. The van der Waals surface area contributed by atoms with Gasteiger partial charge in [-0.2, -0.15) is 0 Å². The van der Waals surface area contributed by atoms with E-state index in [1.54, 1.807) is 19.1 Å². The second-order valence-electron chi connectivity index (χ2n) is 5.52. The number of halogens is 1. The van der Waals surface area contributed by atoms with Crippen LogP contribution in [0.4, 0.5) is 10.1 Å². The Morgan fingerprint density at radius 3 is 2.75 bits per heavy atom. The van der Waals surface area contributed by atoms with Gasteiger partial charge in [-0.05, 0) is 26.8 Å². The van der Waals surface area contributed by atoms with Crippen molar-refractivity contribution in [3.05, 3.63) is 35.8 Å². The van der Waals surface area contributed by atoms with Crippen LogP contribution in [0, 0.1) is 5.82 Å². The third kappa shape index (κ3) is 3.82. The number of pyridine rings is 1. The van der Waals surface area contributed by atoms with Gasteiger partial charge in [0.2, 0.25) is 0 Å². The number of aromatic nitrogens is 1. The Kier molecular flexibility index (Phi) is 6.09. The summed E-state index contributed by atoms with van der Waals surface area (Å²) in [6, 6.07) is 4.72. The van der Waals surface area contributed by atoms with Crippen molar-refractivity contribution in [2.24, 2.45) is 0 Å². The third-order valence-corrected chi connectivity index (χ3v) is 3.68. The van der Waals surface area contributed by atoms with E-state index >= 15 is 0 Å². The second-order valence-corrected chi connectivity index (χ2v) is 5.52. The Labute approximate surface area is 141 Å². The average molecular weight is 334 g/mol. The van der Waals surface area contributed by atoms with Gasteiger partial charge in [-0.3, -0.25) is 4.98 Å². The Morgan fingerprint density at radius 1 is 1.33 bits per heavy atom. The molecular weight excluding hydrogens is 311 g/mol. The zero-order valence-corrected chi connectivity index (χ0v) is 14.5. The second kappa shape index (κ2) is 8.06. The maximum absolute atomic E-state index is 14.1. The standard InChI is InChI=1S/C18H23FN2O3/c1-5-23-12(3)11-21(4)17-13-8-7-9-15(19)16(13)20-10-14(17)18(22)24-6-2/h7-10,12H,5-6,11H2,1-4H3. The van der Waals surface area contributed by atoms with Crippen molar-refractivity contribution >= 4 is 22.6 Å². The summed E-state index contributed by atoms with van der Waals surface area (Å²) in [6.07, 6.45) is 1.34. The fourth-order valence-corrected chi connectivity index (χ4v) is 2.76. The van der Waals surface area contributed by atoms with E-state index in [9.17, 15) is 9.18 Å². The minimum Gasteiger partial charge on any atom is -0.462 e. The summed E-state index contributed by atoms with van der Waals surface area (Å²) in [5.41, 5.74) is 1.15. The average Bonchev–Trinajstić information content (AvgIpc) is 2.54. The van der Waals surface area contributed by atoms with E-state index in [4.69, 9.17) is 9.47 Å². The van der Waals surface area contributed by atoms with Gasteiger partial charge in [0.05, 0.1) is 18.4 Å². The molecule has 0 amide bonds. The Hall–Kier alpha value is -2.21. The normalized spacial score (nSPS) is 12.2. The molecule has 0 radical (unpaired) electrons. The lowest BCUT2D eigenvalue weighted by atomic mass is 10.1. The molecule has 6 heteroatoms. The molecule has 1 unspecified atom stereocenters. The molecule has 2 aromatic rings. The summed E-state index contributed by atoms with van der Waals surface area (Å²) in [7, 11) is 1.85. The number of benzene rings is 1. The first-order valence-corrected chi connectivity index (χ1v) is 8.06. The van der Waals surface area contributed by atoms with E-state index in [1.165, 1.54) is 12.3 Å². The van der Waals surface area contributed by atoms with Crippen molar-refractivity contribution in [1.82, 2.24) is 4.98 Å². The number of carbonyl (C=O) groups is 1. The number of hydrogen-bond acceptors (Lipinski definition) is 5. The van der Waals surface area contributed by atoms with Crippen LogP contribution < -0.4 is 4.90 Å². The van der Waals surface area contributed by atoms with Gasteiger partial charge in [0.25, 0.3) is 0 Å². The first kappa shape index (κ1) is 18.1. The van der Waals surface area contributed by atoms with Gasteiger partial charge in [-0.15, -0.1) is 0 Å². The van der Waals surface area contributed by atoms with E-state index in [1.807, 2.05) is 25.8 Å². The minimum absolute atomic E-state index is 0.0354. The Balaban J connectivity index is 2.55. The molecule has 130 valence electrons. The first-order chi connectivity index (χ1) is 11.5. The molecule has 0 fully saturated rings. The summed E-state index contributed by atoms with van der Waals surface area (Å²) >= 11 is 0. The van der Waals surface area contributed by atoms with Crippen LogP contribution in [0.3, 0.4) is 0 Å². The van der Waals surface area contributed by atoms with Gasteiger partial charge in [0.15, 0.2) is 0 Å². The SMILES string of the molecule is CCOC(=O)c1cnc2c(F)cccc2c1N(C)CC(C)OCC. The van der Waals surface area contributed by atoms with Crippen LogP contribution in [0.5, 0.6) is 0 Å². The van der Waals surface area contributed by atoms with Crippen LogP contribution in [0.1, 0.15) is 31.1 Å². The highest BCUT2D eigenvalue weighted by molar-refractivity contribution is 6.05. The lowest BCUT2D eigenvalue weighted by molar-refractivity contribution is 0.0525. The predicted octanol–water partition coefficient (Wildman–Crippen LogP) is 3.41. The molecule has 1 heterocycles. The number of likely N-dealkylation sites (N-methyl/N-ethyl adjacent to an activating group) is 1. The molecule has 0 aliphatic rings. The van der Waals surface area contributed by atoms with Crippen LogP contribution in [0.15, 0.2) is 24.4 Å². The fourth-order valence-electron chi connectivity index (χ4n) is 2.76. The van der Waals surface area contributed by atoms with E-state index < -0.39 is 11.8 Å². The van der Waals surface area contributed by atoms with Gasteiger partial charge < -0.3 is 14.4 Å². The number of hydrogen-bond donors (Lipinski definition) is 0. The fraction of sp³-hybridized carbons (Fsp3) is 0.444. The van der Waals surface area contributed by atoms with Gasteiger partial charge in [0.1, 0.15) is 16.9 Å².